The Bertz CT molecular complexity index is 230. The summed E-state index contributed by atoms with van der Waals surface area (Å²) >= 11 is 0. The molecule has 80 valence electrons. The minimum atomic E-state index is -0.855. The first-order chi connectivity index (χ1) is 6.65. The van der Waals surface area contributed by atoms with E-state index < -0.39 is 5.97 Å². The molecule has 1 aliphatic heterocycles. The van der Waals surface area contributed by atoms with Crippen molar-refractivity contribution in [1.82, 2.24) is 4.90 Å². The first-order valence-corrected chi connectivity index (χ1v) is 4.86. The van der Waals surface area contributed by atoms with E-state index in [0.29, 0.717) is 6.54 Å². The molecule has 1 atom stereocenters. The molecule has 1 unspecified atom stereocenters. The lowest BCUT2D eigenvalue weighted by Gasteiger charge is -2.34. The summed E-state index contributed by atoms with van der Waals surface area (Å²) in [6.45, 7) is 0.615. The molecule has 1 aliphatic rings. The zero-order chi connectivity index (χ0) is 10.6. The second-order valence-corrected chi connectivity index (χ2v) is 3.54. The van der Waals surface area contributed by atoms with Crippen LogP contribution in [0.2, 0.25) is 0 Å². The summed E-state index contributed by atoms with van der Waals surface area (Å²) in [6.07, 6.45) is 2.75. The number of amides is 1. The molecule has 14 heavy (non-hydrogen) atoms. The molecule has 1 saturated heterocycles. The molecule has 5 nitrogen and oxygen atoms in total. The fourth-order valence-electron chi connectivity index (χ4n) is 1.86. The van der Waals surface area contributed by atoms with Crippen LogP contribution in [0.5, 0.6) is 0 Å². The Labute approximate surface area is 82.9 Å². The van der Waals surface area contributed by atoms with Crippen LogP contribution in [0.15, 0.2) is 0 Å². The minimum Gasteiger partial charge on any atom is -0.481 e. The van der Waals surface area contributed by atoms with Crippen molar-refractivity contribution in [2.75, 3.05) is 13.1 Å². The van der Waals surface area contributed by atoms with Crippen molar-refractivity contribution in [2.24, 2.45) is 5.73 Å². The molecule has 1 rings (SSSR count). The van der Waals surface area contributed by atoms with E-state index in [2.05, 4.69) is 0 Å². The average Bonchev–Trinajstić information content (AvgIpc) is 2.16. The summed E-state index contributed by atoms with van der Waals surface area (Å²) < 4.78 is 0. The van der Waals surface area contributed by atoms with Gasteiger partial charge in [0.1, 0.15) is 0 Å². The highest BCUT2D eigenvalue weighted by atomic mass is 16.4. The smallest absolute Gasteiger partial charge is 0.305 e. The second kappa shape index (κ2) is 4.95. The van der Waals surface area contributed by atoms with Crippen molar-refractivity contribution in [3.05, 3.63) is 0 Å². The summed E-state index contributed by atoms with van der Waals surface area (Å²) in [5.74, 6) is -0.998. The maximum atomic E-state index is 11.4. The van der Waals surface area contributed by atoms with Crippen LogP contribution >= 0.6 is 0 Å². The van der Waals surface area contributed by atoms with Gasteiger partial charge < -0.3 is 15.7 Å². The van der Waals surface area contributed by atoms with Crippen LogP contribution in [-0.4, -0.2) is 41.0 Å². The summed E-state index contributed by atoms with van der Waals surface area (Å²) in [5, 5.41) is 8.67. The molecule has 5 heteroatoms. The van der Waals surface area contributed by atoms with Gasteiger partial charge in [-0.05, 0) is 19.3 Å². The van der Waals surface area contributed by atoms with Gasteiger partial charge in [0, 0.05) is 12.6 Å². The Morgan fingerprint density at radius 3 is 2.71 bits per heavy atom. The first-order valence-electron chi connectivity index (χ1n) is 4.86. The largest absolute Gasteiger partial charge is 0.481 e. The average molecular weight is 200 g/mol. The second-order valence-electron chi connectivity index (χ2n) is 3.54. The Hall–Kier alpha value is -1.10. The summed E-state index contributed by atoms with van der Waals surface area (Å²) in [7, 11) is 0. The van der Waals surface area contributed by atoms with E-state index >= 15 is 0 Å². The topological polar surface area (TPSA) is 83.6 Å². The molecule has 0 aromatic heterocycles. The Morgan fingerprint density at radius 1 is 1.43 bits per heavy atom. The van der Waals surface area contributed by atoms with E-state index in [1.807, 2.05) is 0 Å². The van der Waals surface area contributed by atoms with Crippen molar-refractivity contribution >= 4 is 11.9 Å². The molecule has 0 radical (unpaired) electrons. The SMILES string of the molecule is NCC(=O)N1CCCCC1CC(=O)O. The number of aliphatic carboxylic acids is 1. The molecule has 0 spiro atoms. The predicted octanol–water partition coefficient (Wildman–Crippen LogP) is -0.199. The van der Waals surface area contributed by atoms with Gasteiger partial charge in [-0.25, -0.2) is 0 Å². The third-order valence-corrected chi connectivity index (χ3v) is 2.53. The number of hydrogen-bond donors (Lipinski definition) is 2. The fourth-order valence-corrected chi connectivity index (χ4v) is 1.86. The molecule has 0 saturated carbocycles. The number of carbonyl (C=O) groups excluding carboxylic acids is 1. The van der Waals surface area contributed by atoms with Crippen molar-refractivity contribution in [1.29, 1.82) is 0 Å². The molecular formula is C9H16N2O3. The van der Waals surface area contributed by atoms with Gasteiger partial charge in [0.2, 0.25) is 5.91 Å². The van der Waals surface area contributed by atoms with Crippen LogP contribution in [-0.2, 0) is 9.59 Å². The van der Waals surface area contributed by atoms with Crippen LogP contribution < -0.4 is 5.73 Å². The zero-order valence-corrected chi connectivity index (χ0v) is 8.11. The van der Waals surface area contributed by atoms with Crippen LogP contribution in [0, 0.1) is 0 Å². The van der Waals surface area contributed by atoms with Gasteiger partial charge in [-0.1, -0.05) is 0 Å². The van der Waals surface area contributed by atoms with E-state index in [4.69, 9.17) is 10.8 Å². The number of carbonyl (C=O) groups is 2. The Kier molecular flexibility index (Phi) is 3.88. The highest BCUT2D eigenvalue weighted by Crippen LogP contribution is 2.19. The van der Waals surface area contributed by atoms with E-state index in [9.17, 15) is 9.59 Å². The van der Waals surface area contributed by atoms with E-state index in [0.717, 1.165) is 19.3 Å². The number of likely N-dealkylation sites (tertiary alicyclic amines) is 1. The summed E-state index contributed by atoms with van der Waals surface area (Å²) in [5.41, 5.74) is 5.26. The first kappa shape index (κ1) is 11.0. The monoisotopic (exact) mass is 200 g/mol. The summed E-state index contributed by atoms with van der Waals surface area (Å²) in [4.78, 5) is 23.5. The number of hydrogen-bond acceptors (Lipinski definition) is 3. The number of nitrogens with zero attached hydrogens (tertiary/aromatic N) is 1. The molecule has 1 amide bonds. The van der Waals surface area contributed by atoms with Crippen molar-refractivity contribution < 1.29 is 14.7 Å². The number of piperidine rings is 1. The van der Waals surface area contributed by atoms with Crippen molar-refractivity contribution in [2.45, 2.75) is 31.7 Å². The molecule has 1 fully saturated rings. The third-order valence-electron chi connectivity index (χ3n) is 2.53. The minimum absolute atomic E-state index is 0.0316. The van der Waals surface area contributed by atoms with Crippen LogP contribution in [0.1, 0.15) is 25.7 Å². The van der Waals surface area contributed by atoms with Crippen molar-refractivity contribution in [3.63, 3.8) is 0 Å². The maximum absolute atomic E-state index is 11.4. The van der Waals surface area contributed by atoms with Gasteiger partial charge in [-0.3, -0.25) is 9.59 Å². The Morgan fingerprint density at radius 2 is 2.14 bits per heavy atom. The Balaban J connectivity index is 2.58. The lowest BCUT2D eigenvalue weighted by molar-refractivity contribution is -0.141. The van der Waals surface area contributed by atoms with Gasteiger partial charge in [0.15, 0.2) is 0 Å². The number of rotatable bonds is 3. The molecular weight excluding hydrogens is 184 g/mol. The molecule has 0 aromatic carbocycles. The van der Waals surface area contributed by atoms with Crippen LogP contribution in [0.4, 0.5) is 0 Å². The quantitative estimate of drug-likeness (QED) is 0.661. The normalized spacial score (nSPS) is 22.1. The van der Waals surface area contributed by atoms with Crippen LogP contribution in [0.25, 0.3) is 0 Å². The molecule has 3 N–H and O–H groups in total. The van der Waals surface area contributed by atoms with Crippen molar-refractivity contribution in [3.8, 4) is 0 Å². The number of nitrogens with two attached hydrogens (primary N) is 1. The van der Waals surface area contributed by atoms with E-state index in [-0.39, 0.29) is 24.9 Å². The van der Waals surface area contributed by atoms with Crippen LogP contribution in [0.3, 0.4) is 0 Å². The number of carboxylic acids is 1. The summed E-state index contributed by atoms with van der Waals surface area (Å²) in [6, 6.07) is -0.155. The third kappa shape index (κ3) is 2.70. The standard InChI is InChI=1S/C9H16N2O3/c10-6-8(12)11-4-2-1-3-7(11)5-9(13)14/h7H,1-6,10H2,(H,13,14). The molecule has 0 bridgehead atoms. The van der Waals surface area contributed by atoms with Gasteiger partial charge in [-0.15, -0.1) is 0 Å². The van der Waals surface area contributed by atoms with E-state index in [1.165, 1.54) is 0 Å². The number of carboxylic acid groups (broad SMARTS) is 1. The highest BCUT2D eigenvalue weighted by molar-refractivity contribution is 5.79. The fraction of sp³-hybridized carbons (Fsp3) is 0.778. The maximum Gasteiger partial charge on any atom is 0.305 e. The lowest BCUT2D eigenvalue weighted by Crippen LogP contribution is -2.47. The van der Waals surface area contributed by atoms with Gasteiger partial charge in [-0.2, -0.15) is 0 Å². The van der Waals surface area contributed by atoms with Gasteiger partial charge >= 0.3 is 5.97 Å². The molecule has 0 aliphatic carbocycles. The van der Waals surface area contributed by atoms with E-state index in [1.54, 1.807) is 4.90 Å². The van der Waals surface area contributed by atoms with Gasteiger partial charge in [0.25, 0.3) is 0 Å². The zero-order valence-electron chi connectivity index (χ0n) is 8.11. The molecule has 1 heterocycles. The lowest BCUT2D eigenvalue weighted by atomic mass is 9.99. The molecule has 0 aromatic rings. The highest BCUT2D eigenvalue weighted by Gasteiger charge is 2.27. The predicted molar refractivity (Wildman–Crippen MR) is 50.7 cm³/mol. The van der Waals surface area contributed by atoms with Gasteiger partial charge in [0.05, 0.1) is 13.0 Å².